The first-order valence-electron chi connectivity index (χ1n) is 8.50. The molecule has 130 valence electrons. The zero-order chi connectivity index (χ0) is 17.0. The number of aromatic nitrogens is 3. The summed E-state index contributed by atoms with van der Waals surface area (Å²) < 4.78 is 13.2. The van der Waals surface area contributed by atoms with Gasteiger partial charge < -0.3 is 14.8 Å². The van der Waals surface area contributed by atoms with E-state index < -0.39 is 0 Å². The minimum absolute atomic E-state index is 0.0113. The van der Waals surface area contributed by atoms with E-state index in [1.807, 2.05) is 10.7 Å². The number of aryl methyl sites for hydroxylation is 1. The van der Waals surface area contributed by atoms with Crippen LogP contribution in [0.3, 0.4) is 0 Å². The molecule has 0 fully saturated rings. The Morgan fingerprint density at radius 1 is 1.25 bits per heavy atom. The van der Waals surface area contributed by atoms with E-state index >= 15 is 0 Å². The summed E-state index contributed by atoms with van der Waals surface area (Å²) in [6, 6.07) is 6.66. The van der Waals surface area contributed by atoms with Gasteiger partial charge in [0.2, 0.25) is 0 Å². The highest BCUT2D eigenvalue weighted by Gasteiger charge is 2.23. The number of rotatable bonds is 7. The van der Waals surface area contributed by atoms with Gasteiger partial charge in [-0.3, -0.25) is 4.68 Å². The average molecular weight is 330 g/mol. The van der Waals surface area contributed by atoms with E-state index in [9.17, 15) is 0 Å². The fourth-order valence-corrected chi connectivity index (χ4v) is 2.77. The first-order chi connectivity index (χ1) is 11.5. The summed E-state index contributed by atoms with van der Waals surface area (Å²) in [7, 11) is 0. The minimum Gasteiger partial charge on any atom is -0.486 e. The fourth-order valence-electron chi connectivity index (χ4n) is 2.77. The molecule has 1 aromatic heterocycles. The topological polar surface area (TPSA) is 61.2 Å². The summed E-state index contributed by atoms with van der Waals surface area (Å²) in [6.07, 6.45) is 4.34. The highest BCUT2D eigenvalue weighted by atomic mass is 16.6. The molecule has 0 amide bonds. The van der Waals surface area contributed by atoms with Crippen molar-refractivity contribution in [3.05, 3.63) is 36.4 Å². The Morgan fingerprint density at radius 2 is 2.04 bits per heavy atom. The highest BCUT2D eigenvalue weighted by Crippen LogP contribution is 2.34. The van der Waals surface area contributed by atoms with Crippen LogP contribution in [0.1, 0.15) is 32.8 Å². The Kier molecular flexibility index (Phi) is 5.04. The zero-order valence-electron chi connectivity index (χ0n) is 14.7. The van der Waals surface area contributed by atoms with Crippen molar-refractivity contribution in [2.75, 3.05) is 19.8 Å². The molecule has 1 aliphatic heterocycles. The largest absolute Gasteiger partial charge is 0.486 e. The number of nitrogens with one attached hydrogen (secondary N) is 1. The average Bonchev–Trinajstić information content (AvgIpc) is 3.11. The molecule has 0 saturated carbocycles. The quantitative estimate of drug-likeness (QED) is 0.845. The first kappa shape index (κ1) is 16.8. The third kappa shape index (κ3) is 4.06. The molecule has 2 heterocycles. The molecule has 24 heavy (non-hydrogen) atoms. The maximum absolute atomic E-state index is 5.70. The van der Waals surface area contributed by atoms with Gasteiger partial charge in [-0.25, -0.2) is 4.98 Å². The number of nitrogens with zero attached hydrogens (tertiary/aromatic N) is 3. The second-order valence-electron chi connectivity index (χ2n) is 6.97. The van der Waals surface area contributed by atoms with E-state index in [2.05, 4.69) is 48.3 Å². The van der Waals surface area contributed by atoms with Crippen LogP contribution < -0.4 is 14.8 Å². The van der Waals surface area contributed by atoms with Gasteiger partial charge in [0.15, 0.2) is 11.5 Å². The lowest BCUT2D eigenvalue weighted by Crippen LogP contribution is -2.38. The predicted octanol–water partition coefficient (Wildman–Crippen LogP) is 2.40. The van der Waals surface area contributed by atoms with Crippen molar-refractivity contribution in [2.24, 2.45) is 0 Å². The lowest BCUT2D eigenvalue weighted by Gasteiger charge is -2.29. The SMILES string of the molecule is CC(CCn1cncn1)NCC(C)(C)c1ccc2c(c1)OCCO2. The summed E-state index contributed by atoms with van der Waals surface area (Å²) >= 11 is 0. The maximum atomic E-state index is 5.70. The molecule has 1 aromatic carbocycles. The molecule has 2 aromatic rings. The maximum Gasteiger partial charge on any atom is 0.161 e. The number of hydrogen-bond acceptors (Lipinski definition) is 5. The number of ether oxygens (including phenoxy) is 2. The van der Waals surface area contributed by atoms with Crippen molar-refractivity contribution in [3.63, 3.8) is 0 Å². The molecule has 0 bridgehead atoms. The normalized spacial score (nSPS) is 15.3. The minimum atomic E-state index is 0.0113. The lowest BCUT2D eigenvalue weighted by atomic mass is 9.84. The molecule has 0 radical (unpaired) electrons. The second-order valence-corrected chi connectivity index (χ2v) is 6.97. The number of benzene rings is 1. The van der Waals surface area contributed by atoms with Gasteiger partial charge in [0, 0.05) is 24.5 Å². The third-order valence-electron chi connectivity index (χ3n) is 4.47. The number of hydrogen-bond donors (Lipinski definition) is 1. The van der Waals surface area contributed by atoms with E-state index in [-0.39, 0.29) is 5.41 Å². The van der Waals surface area contributed by atoms with Crippen molar-refractivity contribution in [1.29, 1.82) is 0 Å². The summed E-state index contributed by atoms with van der Waals surface area (Å²) in [6.45, 7) is 9.71. The predicted molar refractivity (Wildman–Crippen MR) is 92.6 cm³/mol. The molecule has 1 aliphatic rings. The van der Waals surface area contributed by atoms with Crippen LogP contribution in [0.15, 0.2) is 30.9 Å². The van der Waals surface area contributed by atoms with Crippen molar-refractivity contribution < 1.29 is 9.47 Å². The van der Waals surface area contributed by atoms with Gasteiger partial charge in [0.05, 0.1) is 0 Å². The first-order valence-corrected chi connectivity index (χ1v) is 8.50. The molecular formula is C18H26N4O2. The van der Waals surface area contributed by atoms with E-state index in [4.69, 9.17) is 9.47 Å². The van der Waals surface area contributed by atoms with Gasteiger partial charge in [-0.1, -0.05) is 19.9 Å². The van der Waals surface area contributed by atoms with Crippen LogP contribution in [-0.4, -0.2) is 40.6 Å². The van der Waals surface area contributed by atoms with Gasteiger partial charge in [-0.2, -0.15) is 5.10 Å². The van der Waals surface area contributed by atoms with E-state index in [0.29, 0.717) is 19.3 Å². The van der Waals surface area contributed by atoms with E-state index in [0.717, 1.165) is 31.0 Å². The van der Waals surface area contributed by atoms with Crippen molar-refractivity contribution in [3.8, 4) is 11.5 Å². The standard InChI is InChI=1S/C18H26N4O2/c1-14(6-7-22-13-19-12-21-22)20-11-18(2,3)15-4-5-16-17(10-15)24-9-8-23-16/h4-5,10,12-14,20H,6-9,11H2,1-3H3. The van der Waals surface area contributed by atoms with E-state index in [1.165, 1.54) is 5.56 Å². The van der Waals surface area contributed by atoms with Gasteiger partial charge >= 0.3 is 0 Å². The summed E-state index contributed by atoms with van der Waals surface area (Å²) in [5, 5.41) is 7.77. The van der Waals surface area contributed by atoms with Crippen LogP contribution in [0.4, 0.5) is 0 Å². The molecule has 0 aliphatic carbocycles. The van der Waals surface area contributed by atoms with Crippen LogP contribution in [-0.2, 0) is 12.0 Å². The molecule has 1 unspecified atom stereocenters. The second kappa shape index (κ2) is 7.21. The van der Waals surface area contributed by atoms with Crippen LogP contribution >= 0.6 is 0 Å². The lowest BCUT2D eigenvalue weighted by molar-refractivity contribution is 0.171. The third-order valence-corrected chi connectivity index (χ3v) is 4.47. The summed E-state index contributed by atoms with van der Waals surface area (Å²) in [4.78, 5) is 3.97. The fraction of sp³-hybridized carbons (Fsp3) is 0.556. The molecular weight excluding hydrogens is 304 g/mol. The van der Waals surface area contributed by atoms with Crippen molar-refractivity contribution in [2.45, 2.75) is 45.2 Å². The molecule has 0 spiro atoms. The Morgan fingerprint density at radius 3 is 2.79 bits per heavy atom. The molecule has 1 N–H and O–H groups in total. The Labute approximate surface area is 143 Å². The van der Waals surface area contributed by atoms with Gasteiger partial charge in [0.1, 0.15) is 25.9 Å². The molecule has 6 nitrogen and oxygen atoms in total. The van der Waals surface area contributed by atoms with Crippen LogP contribution in [0.5, 0.6) is 11.5 Å². The zero-order valence-corrected chi connectivity index (χ0v) is 14.7. The van der Waals surface area contributed by atoms with Gasteiger partial charge in [-0.15, -0.1) is 0 Å². The summed E-state index contributed by atoms with van der Waals surface area (Å²) in [5.74, 6) is 1.70. The van der Waals surface area contributed by atoms with Crippen molar-refractivity contribution in [1.82, 2.24) is 20.1 Å². The number of fused-ring (bicyclic) bond motifs is 1. The smallest absolute Gasteiger partial charge is 0.161 e. The van der Waals surface area contributed by atoms with Crippen LogP contribution in [0, 0.1) is 0 Å². The van der Waals surface area contributed by atoms with Crippen molar-refractivity contribution >= 4 is 0 Å². The van der Waals surface area contributed by atoms with Gasteiger partial charge in [0.25, 0.3) is 0 Å². The highest BCUT2D eigenvalue weighted by molar-refractivity contribution is 5.45. The van der Waals surface area contributed by atoms with Crippen LogP contribution in [0.25, 0.3) is 0 Å². The van der Waals surface area contributed by atoms with Crippen LogP contribution in [0.2, 0.25) is 0 Å². The monoisotopic (exact) mass is 330 g/mol. The molecule has 1 atom stereocenters. The molecule has 3 rings (SSSR count). The summed E-state index contributed by atoms with van der Waals surface area (Å²) in [5.41, 5.74) is 1.26. The molecule has 0 saturated heterocycles. The Bertz CT molecular complexity index is 655. The molecule has 6 heteroatoms. The van der Waals surface area contributed by atoms with E-state index in [1.54, 1.807) is 12.7 Å². The Hall–Kier alpha value is -2.08. The van der Waals surface area contributed by atoms with Gasteiger partial charge in [-0.05, 0) is 31.0 Å². The Balaban J connectivity index is 1.55.